The fraction of sp³-hybridized carbons (Fsp3) is 0.619. The lowest BCUT2D eigenvalue weighted by Crippen LogP contribution is -2.58. The Morgan fingerprint density at radius 3 is 2.90 bits per heavy atom. The summed E-state index contributed by atoms with van der Waals surface area (Å²) >= 11 is 0. The number of aryl methyl sites for hydroxylation is 1. The van der Waals surface area contributed by atoms with E-state index in [1.54, 1.807) is 7.11 Å². The van der Waals surface area contributed by atoms with Gasteiger partial charge in [-0.2, -0.15) is 10.1 Å². The molecule has 4 heterocycles. The Labute approximate surface area is 178 Å². The van der Waals surface area contributed by atoms with Crippen molar-refractivity contribution in [3.8, 4) is 0 Å². The molecule has 3 aliphatic heterocycles. The molecular weight excluding hydrogens is 380 g/mol. The molecule has 1 fully saturated rings. The number of hydrogen-bond donors (Lipinski definition) is 2. The molecule has 2 N–H and O–H groups in total. The highest BCUT2D eigenvalue weighted by atomic mass is 16.5. The third kappa shape index (κ3) is 4.17. The van der Waals surface area contributed by atoms with Gasteiger partial charge >= 0.3 is 0 Å². The first-order chi connectivity index (χ1) is 14.5. The van der Waals surface area contributed by atoms with Crippen LogP contribution >= 0.6 is 0 Å². The van der Waals surface area contributed by atoms with E-state index in [4.69, 9.17) is 19.8 Å². The van der Waals surface area contributed by atoms with Gasteiger partial charge in [-0.15, -0.1) is 0 Å². The molecule has 0 spiro atoms. The lowest BCUT2D eigenvalue weighted by atomic mass is 10.0. The number of fused-ring (bicyclic) bond motifs is 1. The second-order valence-corrected chi connectivity index (χ2v) is 8.37. The van der Waals surface area contributed by atoms with Crippen molar-refractivity contribution in [2.24, 2.45) is 15.1 Å². The number of aromatic nitrogens is 1. The van der Waals surface area contributed by atoms with Gasteiger partial charge in [0.05, 0.1) is 18.9 Å². The molecule has 0 amide bonds. The number of hydrazone groups is 1. The Kier molecular flexibility index (Phi) is 6.01. The SMILES string of the molecule is COCCN1N=C(C)C2N=C(N3C[C@H](C)NC[C@H]3C)N=C(Nc3cc(C)ccn3)C21. The van der Waals surface area contributed by atoms with E-state index >= 15 is 0 Å². The largest absolute Gasteiger partial charge is 0.383 e. The van der Waals surface area contributed by atoms with Gasteiger partial charge in [-0.1, -0.05) is 0 Å². The molecule has 1 saturated heterocycles. The van der Waals surface area contributed by atoms with Gasteiger partial charge in [0.15, 0.2) is 0 Å². The zero-order valence-electron chi connectivity index (χ0n) is 18.5. The molecule has 4 rings (SSSR count). The maximum absolute atomic E-state index is 5.30. The van der Waals surface area contributed by atoms with Crippen molar-refractivity contribution >= 4 is 23.3 Å². The normalized spacial score (nSPS) is 28.6. The fourth-order valence-electron chi connectivity index (χ4n) is 4.15. The summed E-state index contributed by atoms with van der Waals surface area (Å²) in [5.74, 6) is 2.39. The zero-order chi connectivity index (χ0) is 21.3. The van der Waals surface area contributed by atoms with E-state index in [-0.39, 0.29) is 12.1 Å². The van der Waals surface area contributed by atoms with Gasteiger partial charge < -0.3 is 20.3 Å². The predicted molar refractivity (Wildman–Crippen MR) is 120 cm³/mol. The maximum atomic E-state index is 5.30. The van der Waals surface area contributed by atoms with E-state index in [1.807, 2.05) is 30.3 Å². The van der Waals surface area contributed by atoms with Crippen molar-refractivity contribution in [2.45, 2.75) is 51.9 Å². The third-order valence-electron chi connectivity index (χ3n) is 5.81. The van der Waals surface area contributed by atoms with Crippen molar-refractivity contribution in [2.75, 3.05) is 38.7 Å². The number of nitrogens with one attached hydrogen (secondary N) is 2. The summed E-state index contributed by atoms with van der Waals surface area (Å²) in [5.41, 5.74) is 2.14. The minimum absolute atomic E-state index is 0.0703. The van der Waals surface area contributed by atoms with Crippen molar-refractivity contribution in [1.82, 2.24) is 20.2 Å². The molecule has 0 saturated carbocycles. The van der Waals surface area contributed by atoms with Crippen LogP contribution in [0, 0.1) is 6.92 Å². The van der Waals surface area contributed by atoms with Crippen molar-refractivity contribution in [3.63, 3.8) is 0 Å². The monoisotopic (exact) mass is 412 g/mol. The van der Waals surface area contributed by atoms with Crippen molar-refractivity contribution in [3.05, 3.63) is 23.9 Å². The highest BCUT2D eigenvalue weighted by Gasteiger charge is 2.43. The zero-order valence-corrected chi connectivity index (χ0v) is 18.5. The minimum atomic E-state index is -0.0816. The molecule has 3 aliphatic rings. The van der Waals surface area contributed by atoms with Gasteiger partial charge in [0.25, 0.3) is 0 Å². The number of pyridine rings is 1. The molecule has 9 heteroatoms. The summed E-state index contributed by atoms with van der Waals surface area (Å²) in [6, 6.07) is 4.58. The molecule has 1 aromatic heterocycles. The maximum Gasteiger partial charge on any atom is 0.223 e. The Bertz CT molecular complexity index is 866. The van der Waals surface area contributed by atoms with Gasteiger partial charge in [0.2, 0.25) is 5.96 Å². The number of guanidine groups is 1. The average molecular weight is 413 g/mol. The summed E-state index contributed by atoms with van der Waals surface area (Å²) in [4.78, 5) is 16.8. The quantitative estimate of drug-likeness (QED) is 0.776. The van der Waals surface area contributed by atoms with Crippen LogP contribution in [0.1, 0.15) is 26.3 Å². The predicted octanol–water partition coefficient (Wildman–Crippen LogP) is 1.33. The summed E-state index contributed by atoms with van der Waals surface area (Å²) in [6.45, 7) is 11.6. The molecule has 0 aromatic carbocycles. The molecule has 1 aromatic rings. The van der Waals surface area contributed by atoms with Crippen LogP contribution in [0.4, 0.5) is 5.82 Å². The molecule has 0 aliphatic carbocycles. The van der Waals surface area contributed by atoms with E-state index in [1.165, 1.54) is 0 Å². The number of ether oxygens (including phenoxy) is 1. The molecule has 4 atom stereocenters. The first kappa shape index (κ1) is 20.7. The lowest BCUT2D eigenvalue weighted by molar-refractivity contribution is 0.144. The summed E-state index contributed by atoms with van der Waals surface area (Å²) < 4.78 is 5.30. The van der Waals surface area contributed by atoms with E-state index < -0.39 is 0 Å². The van der Waals surface area contributed by atoms with E-state index in [9.17, 15) is 0 Å². The number of anilines is 1. The third-order valence-corrected chi connectivity index (χ3v) is 5.81. The summed E-state index contributed by atoms with van der Waals surface area (Å²) in [5, 5.41) is 13.8. The second kappa shape index (κ2) is 8.69. The smallest absolute Gasteiger partial charge is 0.223 e. The van der Waals surface area contributed by atoms with Crippen LogP contribution in [0.15, 0.2) is 33.4 Å². The standard InChI is InChI=1S/C21H32N8O/c1-13-6-7-22-17(10-13)24-20-19-18(16(4)27-29(19)8-9-30-5)25-21(26-20)28-12-14(2)23-11-15(28)3/h6-7,10,14-15,18-19,23H,8-9,11-12H2,1-5H3,(H,22,24,25,26)/t14-,15+,18?,19?/m0/s1. The summed E-state index contributed by atoms with van der Waals surface area (Å²) in [7, 11) is 1.71. The van der Waals surface area contributed by atoms with Gasteiger partial charge in [-0.3, -0.25) is 5.01 Å². The summed E-state index contributed by atoms with van der Waals surface area (Å²) in [6.07, 6.45) is 1.81. The van der Waals surface area contributed by atoms with Crippen LogP contribution in [-0.4, -0.2) is 89.9 Å². The fourth-order valence-corrected chi connectivity index (χ4v) is 4.15. The van der Waals surface area contributed by atoms with Crippen LogP contribution in [0.25, 0.3) is 0 Å². The number of amidine groups is 1. The number of piperazine rings is 1. The first-order valence-electron chi connectivity index (χ1n) is 10.6. The molecule has 9 nitrogen and oxygen atoms in total. The van der Waals surface area contributed by atoms with Gasteiger partial charge in [0.1, 0.15) is 23.7 Å². The lowest BCUT2D eigenvalue weighted by Gasteiger charge is -2.40. The molecule has 0 bridgehead atoms. The molecular formula is C21H32N8O. The van der Waals surface area contributed by atoms with E-state index in [2.05, 4.69) is 41.3 Å². The average Bonchev–Trinajstić information content (AvgIpc) is 3.04. The number of methoxy groups -OCH3 is 1. The molecule has 2 unspecified atom stereocenters. The highest BCUT2D eigenvalue weighted by molar-refractivity contribution is 6.12. The topological polar surface area (TPSA) is 89.7 Å². The van der Waals surface area contributed by atoms with Crippen LogP contribution in [-0.2, 0) is 4.74 Å². The van der Waals surface area contributed by atoms with Crippen LogP contribution in [0.5, 0.6) is 0 Å². The van der Waals surface area contributed by atoms with Crippen LogP contribution in [0.3, 0.4) is 0 Å². The van der Waals surface area contributed by atoms with Crippen LogP contribution in [0.2, 0.25) is 0 Å². The second-order valence-electron chi connectivity index (χ2n) is 8.37. The van der Waals surface area contributed by atoms with E-state index in [0.717, 1.165) is 42.0 Å². The highest BCUT2D eigenvalue weighted by Crippen LogP contribution is 2.26. The Morgan fingerprint density at radius 2 is 2.13 bits per heavy atom. The van der Waals surface area contributed by atoms with Gasteiger partial charge in [-0.05, 0) is 45.4 Å². The van der Waals surface area contributed by atoms with E-state index in [0.29, 0.717) is 25.2 Å². The van der Waals surface area contributed by atoms with Crippen LogP contribution < -0.4 is 10.6 Å². The van der Waals surface area contributed by atoms with Gasteiger partial charge in [-0.25, -0.2) is 9.98 Å². The molecule has 0 radical (unpaired) electrons. The van der Waals surface area contributed by atoms with Gasteiger partial charge in [0, 0.05) is 38.5 Å². The number of aliphatic imine (C=N–C) groups is 2. The van der Waals surface area contributed by atoms with Crippen molar-refractivity contribution in [1.29, 1.82) is 0 Å². The molecule has 162 valence electrons. The number of hydrogen-bond acceptors (Lipinski definition) is 9. The number of nitrogens with zero attached hydrogens (tertiary/aromatic N) is 6. The molecule has 30 heavy (non-hydrogen) atoms. The first-order valence-corrected chi connectivity index (χ1v) is 10.6. The Morgan fingerprint density at radius 1 is 1.30 bits per heavy atom. The minimum Gasteiger partial charge on any atom is -0.383 e. The number of rotatable bonds is 4. The Hall–Kier alpha value is -2.52. The van der Waals surface area contributed by atoms with Crippen molar-refractivity contribution < 1.29 is 4.74 Å². The Balaban J connectivity index is 1.68.